The van der Waals surface area contributed by atoms with Gasteiger partial charge in [-0.2, -0.15) is 10.1 Å². The second kappa shape index (κ2) is 10.6. The number of rotatable bonds is 6. The van der Waals surface area contributed by atoms with Crippen molar-refractivity contribution in [3.63, 3.8) is 0 Å². The van der Waals surface area contributed by atoms with Crippen molar-refractivity contribution in [3.05, 3.63) is 59.0 Å². The van der Waals surface area contributed by atoms with Crippen molar-refractivity contribution in [2.75, 3.05) is 36.5 Å². The number of piperazine rings is 1. The van der Waals surface area contributed by atoms with Gasteiger partial charge in [-0.05, 0) is 49.5 Å². The fourth-order valence-electron chi connectivity index (χ4n) is 5.78. The van der Waals surface area contributed by atoms with Crippen molar-refractivity contribution in [2.24, 2.45) is 0 Å². The third-order valence-electron chi connectivity index (χ3n) is 8.13. The Morgan fingerprint density at radius 1 is 1.26 bits per heavy atom. The van der Waals surface area contributed by atoms with Crippen LogP contribution < -0.4 is 16.3 Å². The van der Waals surface area contributed by atoms with Crippen LogP contribution in [0.4, 0.5) is 15.9 Å². The number of anilines is 2. The molecule has 43 heavy (non-hydrogen) atoms. The molecule has 5 heterocycles. The van der Waals surface area contributed by atoms with E-state index in [2.05, 4.69) is 31.7 Å². The standard InChI is InChI=1S/C28H30FN9O4S/c1-4-21(39)36-10-11-37(15(2)14-36)25-18-12-19(29)22(23-20(30)13-32-35-23)33-26(18)38(28(40)34-25)24-17(16-6-5-7-16)8-9-31-27(24)43(3,41)42/h4,8-9,12-13,15-16H,1,5-7,10-11,14,30H2,2-3H3,(H,32,35)/t15-/m0/s1. The molecule has 13 nitrogen and oxygen atoms in total. The Balaban J connectivity index is 1.66. The molecule has 4 aromatic rings. The lowest BCUT2D eigenvalue weighted by Crippen LogP contribution is -2.54. The molecule has 1 atom stereocenters. The quantitative estimate of drug-likeness (QED) is 0.309. The van der Waals surface area contributed by atoms with Crippen molar-refractivity contribution < 1.29 is 17.6 Å². The van der Waals surface area contributed by atoms with Crippen LogP contribution in [0.15, 0.2) is 47.0 Å². The topological polar surface area (TPSA) is 173 Å². The van der Waals surface area contributed by atoms with E-state index in [4.69, 9.17) is 5.73 Å². The molecule has 0 radical (unpaired) electrons. The molecule has 0 unspecified atom stereocenters. The summed E-state index contributed by atoms with van der Waals surface area (Å²) in [5, 5.41) is 6.40. The second-order valence-corrected chi connectivity index (χ2v) is 12.9. The van der Waals surface area contributed by atoms with E-state index in [-0.39, 0.29) is 62.5 Å². The number of nitrogens with two attached hydrogens (primary N) is 1. The van der Waals surface area contributed by atoms with E-state index in [1.54, 1.807) is 11.0 Å². The first kappa shape index (κ1) is 28.5. The van der Waals surface area contributed by atoms with Gasteiger partial charge in [0.05, 0.1) is 23.0 Å². The number of hydrogen-bond acceptors (Lipinski definition) is 10. The normalized spacial score (nSPS) is 17.7. The van der Waals surface area contributed by atoms with Crippen molar-refractivity contribution in [1.82, 2.24) is 34.6 Å². The van der Waals surface area contributed by atoms with Crippen LogP contribution in [-0.4, -0.2) is 80.9 Å². The summed E-state index contributed by atoms with van der Waals surface area (Å²) in [6.07, 6.45) is 7.56. The van der Waals surface area contributed by atoms with E-state index in [0.717, 1.165) is 30.1 Å². The van der Waals surface area contributed by atoms with E-state index in [9.17, 15) is 18.0 Å². The van der Waals surface area contributed by atoms with Gasteiger partial charge >= 0.3 is 5.69 Å². The molecule has 1 aliphatic carbocycles. The molecule has 1 saturated heterocycles. The second-order valence-electron chi connectivity index (χ2n) is 10.9. The SMILES string of the molecule is C=CC(=O)N1CCN(c2nc(=O)n(-c3c(C4CCC4)ccnc3S(C)(=O)=O)c3nc(-c4[nH]ncc4N)c(F)cc23)[C@@H](C)C1. The molecular weight excluding hydrogens is 577 g/mol. The van der Waals surface area contributed by atoms with Gasteiger partial charge in [-0.15, -0.1) is 0 Å². The largest absolute Gasteiger partial charge is 0.396 e. The lowest BCUT2D eigenvalue weighted by Gasteiger charge is -2.40. The minimum Gasteiger partial charge on any atom is -0.396 e. The van der Waals surface area contributed by atoms with Gasteiger partial charge in [0.25, 0.3) is 0 Å². The van der Waals surface area contributed by atoms with E-state index in [1.165, 1.54) is 24.5 Å². The van der Waals surface area contributed by atoms with Gasteiger partial charge in [-0.3, -0.25) is 9.89 Å². The molecule has 6 rings (SSSR count). The minimum absolute atomic E-state index is 0.00112. The number of H-pyrrole nitrogens is 1. The van der Waals surface area contributed by atoms with E-state index < -0.39 is 21.3 Å². The van der Waals surface area contributed by atoms with Gasteiger partial charge in [-0.1, -0.05) is 13.0 Å². The number of halogens is 1. The van der Waals surface area contributed by atoms with Crippen LogP contribution in [-0.2, 0) is 14.6 Å². The molecular formula is C28H30FN9O4S. The molecule has 4 aromatic heterocycles. The monoisotopic (exact) mass is 607 g/mol. The maximum atomic E-state index is 15.8. The van der Waals surface area contributed by atoms with Crippen molar-refractivity contribution in [2.45, 2.75) is 43.2 Å². The average molecular weight is 608 g/mol. The van der Waals surface area contributed by atoms with Gasteiger partial charge in [0.1, 0.15) is 17.2 Å². The van der Waals surface area contributed by atoms with Gasteiger partial charge < -0.3 is 15.5 Å². The molecule has 0 spiro atoms. The molecule has 0 bridgehead atoms. The van der Waals surface area contributed by atoms with Crippen LogP contribution in [0, 0.1) is 5.82 Å². The Bertz CT molecular complexity index is 1950. The minimum atomic E-state index is -3.92. The summed E-state index contributed by atoms with van der Waals surface area (Å²) in [5.74, 6) is -0.806. The number of aromatic nitrogens is 6. The molecule has 1 amide bonds. The number of nitrogen functional groups attached to an aromatic ring is 1. The third-order valence-corrected chi connectivity index (χ3v) is 9.14. The van der Waals surface area contributed by atoms with Crippen molar-refractivity contribution >= 4 is 38.3 Å². The first-order valence-corrected chi connectivity index (χ1v) is 15.7. The number of hydrogen-bond donors (Lipinski definition) is 2. The number of fused-ring (bicyclic) bond motifs is 1. The maximum Gasteiger partial charge on any atom is 0.355 e. The number of nitrogens with one attached hydrogen (secondary N) is 1. The Morgan fingerprint density at radius 3 is 2.63 bits per heavy atom. The first-order valence-electron chi connectivity index (χ1n) is 13.8. The fraction of sp³-hybridized carbons (Fsp3) is 0.357. The van der Waals surface area contributed by atoms with Crippen molar-refractivity contribution in [1.29, 1.82) is 0 Å². The highest BCUT2D eigenvalue weighted by atomic mass is 32.2. The Hall–Kier alpha value is -4.66. The lowest BCUT2D eigenvalue weighted by atomic mass is 9.79. The third kappa shape index (κ3) is 4.82. The summed E-state index contributed by atoms with van der Waals surface area (Å²) in [7, 11) is -3.92. The Labute approximate surface area is 246 Å². The number of nitrogens with zero attached hydrogens (tertiary/aromatic N) is 7. The van der Waals surface area contributed by atoms with E-state index in [0.29, 0.717) is 25.2 Å². The molecule has 2 aliphatic rings. The summed E-state index contributed by atoms with van der Waals surface area (Å²) >= 11 is 0. The smallest absolute Gasteiger partial charge is 0.355 e. The number of pyridine rings is 2. The predicted molar refractivity (Wildman–Crippen MR) is 158 cm³/mol. The summed E-state index contributed by atoms with van der Waals surface area (Å²) in [6.45, 7) is 6.37. The molecule has 224 valence electrons. The molecule has 0 aromatic carbocycles. The number of carbonyl (C=O) groups excluding carboxylic acids is 1. The Kier molecular flexibility index (Phi) is 6.99. The molecule has 15 heteroatoms. The van der Waals surface area contributed by atoms with Crippen LogP contribution in [0.25, 0.3) is 28.1 Å². The average Bonchev–Trinajstić information content (AvgIpc) is 3.36. The highest BCUT2D eigenvalue weighted by molar-refractivity contribution is 7.90. The van der Waals surface area contributed by atoms with Crippen LogP contribution >= 0.6 is 0 Å². The zero-order valence-electron chi connectivity index (χ0n) is 23.6. The molecule has 3 N–H and O–H groups in total. The summed E-state index contributed by atoms with van der Waals surface area (Å²) < 4.78 is 43.0. The highest BCUT2D eigenvalue weighted by Crippen LogP contribution is 2.41. The van der Waals surface area contributed by atoms with Crippen molar-refractivity contribution in [3.8, 4) is 17.1 Å². The number of carbonyl (C=O) groups is 1. The summed E-state index contributed by atoms with van der Waals surface area (Å²) in [5.41, 5.74) is 5.94. The first-order chi connectivity index (χ1) is 20.5. The Morgan fingerprint density at radius 2 is 2.02 bits per heavy atom. The van der Waals surface area contributed by atoms with Gasteiger partial charge in [0.15, 0.2) is 26.3 Å². The van der Waals surface area contributed by atoms with Crippen LogP contribution in [0.2, 0.25) is 0 Å². The van der Waals surface area contributed by atoms with E-state index in [1.807, 2.05) is 11.8 Å². The summed E-state index contributed by atoms with van der Waals surface area (Å²) in [4.78, 5) is 42.9. The summed E-state index contributed by atoms with van der Waals surface area (Å²) in [6, 6.07) is 2.61. The lowest BCUT2D eigenvalue weighted by molar-refractivity contribution is -0.126. The maximum absolute atomic E-state index is 15.8. The fourth-order valence-corrected chi connectivity index (χ4v) is 6.59. The van der Waals surface area contributed by atoms with Gasteiger partial charge in [0, 0.05) is 38.1 Å². The zero-order valence-corrected chi connectivity index (χ0v) is 24.4. The predicted octanol–water partition coefficient (Wildman–Crippen LogP) is 2.18. The van der Waals surface area contributed by atoms with Gasteiger partial charge in [-0.25, -0.2) is 32.1 Å². The zero-order chi connectivity index (χ0) is 30.6. The van der Waals surface area contributed by atoms with Crippen LogP contribution in [0.3, 0.4) is 0 Å². The number of sulfone groups is 1. The molecule has 2 fully saturated rings. The molecule has 1 aliphatic heterocycles. The van der Waals surface area contributed by atoms with Crippen LogP contribution in [0.5, 0.6) is 0 Å². The van der Waals surface area contributed by atoms with Crippen LogP contribution in [0.1, 0.15) is 37.7 Å². The van der Waals surface area contributed by atoms with Gasteiger partial charge in [0.2, 0.25) is 5.91 Å². The molecule has 1 saturated carbocycles. The number of aromatic amines is 1. The highest BCUT2D eigenvalue weighted by Gasteiger charge is 2.33. The number of amides is 1. The van der Waals surface area contributed by atoms with E-state index >= 15 is 4.39 Å².